The van der Waals surface area contributed by atoms with Crippen LogP contribution >= 0.6 is 11.6 Å². The molecule has 2 amide bonds. The highest BCUT2D eigenvalue weighted by Crippen LogP contribution is 2.30. The number of piperidine rings is 1. The van der Waals surface area contributed by atoms with E-state index in [1.807, 2.05) is 23.1 Å². The van der Waals surface area contributed by atoms with Crippen LogP contribution in [0.25, 0.3) is 0 Å². The molecule has 1 aromatic carbocycles. The molecule has 2 fully saturated rings. The molecule has 1 aromatic rings. The van der Waals surface area contributed by atoms with E-state index in [0.717, 1.165) is 50.1 Å². The number of carbonyl (C=O) groups is 2. The Bertz CT molecular complexity index is 724. The Kier molecular flexibility index (Phi) is 6.10. The Morgan fingerprint density at radius 1 is 1.04 bits per heavy atom. The van der Waals surface area contributed by atoms with Crippen LogP contribution in [-0.4, -0.2) is 42.5 Å². The predicted octanol–water partition coefficient (Wildman–Crippen LogP) is 3.58. The smallest absolute Gasteiger partial charge is 0.227 e. The number of fused-ring (bicyclic) bond motifs is 1. The monoisotopic (exact) mass is 404 g/mol. The third-order valence-electron chi connectivity index (χ3n) is 6.41. The molecule has 1 N–H and O–H groups in total. The van der Waals surface area contributed by atoms with Crippen molar-refractivity contribution in [3.8, 4) is 5.75 Å². The number of rotatable bonds is 3. The van der Waals surface area contributed by atoms with E-state index in [4.69, 9.17) is 16.3 Å². The fourth-order valence-corrected chi connectivity index (χ4v) is 4.90. The lowest BCUT2D eigenvalue weighted by molar-refractivity contribution is -0.137. The third-order valence-corrected chi connectivity index (χ3v) is 6.64. The van der Waals surface area contributed by atoms with Gasteiger partial charge in [-0.2, -0.15) is 0 Å². The van der Waals surface area contributed by atoms with Crippen molar-refractivity contribution in [3.05, 3.63) is 28.8 Å². The van der Waals surface area contributed by atoms with E-state index in [9.17, 15) is 9.59 Å². The molecule has 2 aliphatic heterocycles. The molecular weight excluding hydrogens is 376 g/mol. The summed E-state index contributed by atoms with van der Waals surface area (Å²) in [5, 5.41) is 3.85. The average molecular weight is 405 g/mol. The Hall–Kier alpha value is -1.75. The van der Waals surface area contributed by atoms with Gasteiger partial charge in [-0.05, 0) is 55.9 Å². The van der Waals surface area contributed by atoms with Crippen molar-refractivity contribution in [2.24, 2.45) is 11.8 Å². The van der Waals surface area contributed by atoms with Gasteiger partial charge in [0.25, 0.3) is 0 Å². The van der Waals surface area contributed by atoms with Crippen molar-refractivity contribution in [1.82, 2.24) is 10.2 Å². The van der Waals surface area contributed by atoms with Crippen LogP contribution in [0.15, 0.2) is 18.2 Å². The summed E-state index contributed by atoms with van der Waals surface area (Å²) in [6, 6.07) is 5.70. The SMILES string of the molecule is O=C(NC1CCN(C(=O)C2CCCCC2)CC1)C1COc2ccc(Cl)cc2C1. The summed E-state index contributed by atoms with van der Waals surface area (Å²) in [7, 11) is 0. The maximum Gasteiger partial charge on any atom is 0.227 e. The molecule has 3 aliphatic rings. The lowest BCUT2D eigenvalue weighted by atomic mass is 9.87. The van der Waals surface area contributed by atoms with E-state index in [1.165, 1.54) is 19.3 Å². The van der Waals surface area contributed by atoms with Crippen LogP contribution in [0.3, 0.4) is 0 Å². The highest BCUT2D eigenvalue weighted by atomic mass is 35.5. The number of ether oxygens (including phenoxy) is 1. The highest BCUT2D eigenvalue weighted by Gasteiger charge is 2.31. The maximum absolute atomic E-state index is 12.7. The summed E-state index contributed by atoms with van der Waals surface area (Å²) < 4.78 is 5.74. The number of amides is 2. The molecule has 1 aliphatic carbocycles. The highest BCUT2D eigenvalue weighted by molar-refractivity contribution is 6.30. The van der Waals surface area contributed by atoms with Gasteiger partial charge in [-0.3, -0.25) is 9.59 Å². The molecular formula is C22H29ClN2O3. The first-order chi connectivity index (χ1) is 13.6. The largest absolute Gasteiger partial charge is 0.492 e. The van der Waals surface area contributed by atoms with Gasteiger partial charge in [0.05, 0.1) is 5.92 Å². The Balaban J connectivity index is 1.25. The summed E-state index contributed by atoms with van der Waals surface area (Å²) in [4.78, 5) is 27.4. The van der Waals surface area contributed by atoms with Gasteiger partial charge >= 0.3 is 0 Å². The molecule has 1 atom stereocenters. The number of likely N-dealkylation sites (tertiary alicyclic amines) is 1. The van der Waals surface area contributed by atoms with Crippen molar-refractivity contribution in [2.75, 3.05) is 19.7 Å². The molecule has 6 heteroatoms. The van der Waals surface area contributed by atoms with Gasteiger partial charge in [0.15, 0.2) is 0 Å². The van der Waals surface area contributed by atoms with Crippen LogP contribution in [0.2, 0.25) is 5.02 Å². The van der Waals surface area contributed by atoms with Crippen molar-refractivity contribution < 1.29 is 14.3 Å². The first kappa shape index (κ1) is 19.6. The minimum Gasteiger partial charge on any atom is -0.492 e. The van der Waals surface area contributed by atoms with E-state index in [0.29, 0.717) is 24.0 Å². The van der Waals surface area contributed by atoms with Gasteiger partial charge in [-0.1, -0.05) is 30.9 Å². The quantitative estimate of drug-likeness (QED) is 0.837. The van der Waals surface area contributed by atoms with Crippen molar-refractivity contribution in [2.45, 2.75) is 57.4 Å². The third kappa shape index (κ3) is 4.45. The second-order valence-corrected chi connectivity index (χ2v) is 8.84. The van der Waals surface area contributed by atoms with Crippen LogP contribution in [0, 0.1) is 11.8 Å². The van der Waals surface area contributed by atoms with Crippen LogP contribution in [0.1, 0.15) is 50.5 Å². The second-order valence-electron chi connectivity index (χ2n) is 8.41. The number of nitrogens with one attached hydrogen (secondary N) is 1. The average Bonchev–Trinajstić information content (AvgIpc) is 2.74. The zero-order chi connectivity index (χ0) is 19.5. The summed E-state index contributed by atoms with van der Waals surface area (Å²) in [5.74, 6) is 1.24. The first-order valence-electron chi connectivity index (χ1n) is 10.6. The van der Waals surface area contributed by atoms with Crippen molar-refractivity contribution in [3.63, 3.8) is 0 Å². The minimum atomic E-state index is -0.187. The van der Waals surface area contributed by atoms with Crippen LogP contribution in [0.5, 0.6) is 5.75 Å². The zero-order valence-corrected chi connectivity index (χ0v) is 17.0. The number of halogens is 1. The molecule has 1 saturated heterocycles. The zero-order valence-electron chi connectivity index (χ0n) is 16.3. The Labute approximate surface area is 171 Å². The van der Waals surface area contributed by atoms with E-state index in [-0.39, 0.29) is 23.8 Å². The van der Waals surface area contributed by atoms with Gasteiger partial charge in [-0.25, -0.2) is 0 Å². The minimum absolute atomic E-state index is 0.0442. The fourth-order valence-electron chi connectivity index (χ4n) is 4.70. The molecule has 4 rings (SSSR count). The van der Waals surface area contributed by atoms with Crippen molar-refractivity contribution in [1.29, 1.82) is 0 Å². The van der Waals surface area contributed by atoms with E-state index in [2.05, 4.69) is 5.32 Å². The maximum atomic E-state index is 12.7. The Morgan fingerprint density at radius 3 is 2.54 bits per heavy atom. The molecule has 0 aromatic heterocycles. The standard InChI is InChI=1S/C22H29ClN2O3/c23-18-6-7-20-16(13-18)12-17(14-28-20)21(26)24-19-8-10-25(11-9-19)22(27)15-4-2-1-3-5-15/h6-7,13,15,17,19H,1-5,8-12,14H2,(H,24,26). The van der Waals surface area contributed by atoms with Gasteiger partial charge in [0.1, 0.15) is 12.4 Å². The normalized spacial score (nSPS) is 23.6. The molecule has 0 spiro atoms. The number of hydrogen-bond acceptors (Lipinski definition) is 3. The molecule has 0 bridgehead atoms. The molecule has 0 radical (unpaired) electrons. The predicted molar refractivity (Wildman–Crippen MR) is 108 cm³/mol. The molecule has 5 nitrogen and oxygen atoms in total. The van der Waals surface area contributed by atoms with E-state index >= 15 is 0 Å². The lowest BCUT2D eigenvalue weighted by Crippen LogP contribution is -2.50. The number of carbonyl (C=O) groups excluding carboxylic acids is 2. The van der Waals surface area contributed by atoms with Gasteiger partial charge in [0.2, 0.25) is 11.8 Å². The molecule has 1 saturated carbocycles. The van der Waals surface area contributed by atoms with Gasteiger partial charge in [-0.15, -0.1) is 0 Å². The van der Waals surface area contributed by atoms with Crippen molar-refractivity contribution >= 4 is 23.4 Å². The van der Waals surface area contributed by atoms with Crippen LogP contribution < -0.4 is 10.1 Å². The lowest BCUT2D eigenvalue weighted by Gasteiger charge is -2.36. The molecule has 1 unspecified atom stereocenters. The summed E-state index contributed by atoms with van der Waals surface area (Å²) in [6.45, 7) is 1.90. The van der Waals surface area contributed by atoms with Gasteiger partial charge < -0.3 is 15.0 Å². The molecule has 152 valence electrons. The topological polar surface area (TPSA) is 58.6 Å². The first-order valence-corrected chi connectivity index (χ1v) is 11.0. The van der Waals surface area contributed by atoms with E-state index in [1.54, 1.807) is 0 Å². The molecule has 2 heterocycles. The van der Waals surface area contributed by atoms with Crippen LogP contribution in [0.4, 0.5) is 0 Å². The summed E-state index contributed by atoms with van der Waals surface area (Å²) >= 11 is 6.07. The fraction of sp³-hybridized carbons (Fsp3) is 0.636. The summed E-state index contributed by atoms with van der Waals surface area (Å²) in [5.41, 5.74) is 0.992. The van der Waals surface area contributed by atoms with Gasteiger partial charge in [0, 0.05) is 30.1 Å². The number of nitrogens with zero attached hydrogens (tertiary/aromatic N) is 1. The summed E-state index contributed by atoms with van der Waals surface area (Å²) in [6.07, 6.45) is 8.04. The second kappa shape index (κ2) is 8.73. The number of benzene rings is 1. The van der Waals surface area contributed by atoms with E-state index < -0.39 is 0 Å². The Morgan fingerprint density at radius 2 is 1.79 bits per heavy atom. The molecule has 28 heavy (non-hydrogen) atoms. The number of hydrogen-bond donors (Lipinski definition) is 1. The van der Waals surface area contributed by atoms with Crippen LogP contribution in [-0.2, 0) is 16.0 Å².